The Morgan fingerprint density at radius 2 is 1.79 bits per heavy atom. The van der Waals surface area contributed by atoms with Gasteiger partial charge in [0.15, 0.2) is 0 Å². The van der Waals surface area contributed by atoms with Crippen molar-refractivity contribution < 1.29 is 17.9 Å². The van der Waals surface area contributed by atoms with E-state index in [1.165, 1.54) is 0 Å². The van der Waals surface area contributed by atoms with Gasteiger partial charge in [0.05, 0.1) is 12.0 Å². The van der Waals surface area contributed by atoms with Gasteiger partial charge in [-0.05, 0) is 62.1 Å². The Hall–Kier alpha value is -2.58. The van der Waals surface area contributed by atoms with Crippen LogP contribution in [0.15, 0.2) is 47.4 Å². The number of amides is 1. The maximum absolute atomic E-state index is 13.4. The van der Waals surface area contributed by atoms with E-state index in [0.29, 0.717) is 37.5 Å². The van der Waals surface area contributed by atoms with Crippen LogP contribution in [0.1, 0.15) is 31.7 Å². The van der Waals surface area contributed by atoms with Crippen LogP contribution in [0.25, 0.3) is 0 Å². The average Bonchev–Trinajstić information content (AvgIpc) is 3.13. The van der Waals surface area contributed by atoms with E-state index in [1.54, 1.807) is 23.5 Å². The van der Waals surface area contributed by atoms with Crippen molar-refractivity contribution in [1.82, 2.24) is 4.31 Å². The third-order valence-electron chi connectivity index (χ3n) is 7.25. The second-order valence-corrected chi connectivity index (χ2v) is 11.2. The molecule has 2 fully saturated rings. The van der Waals surface area contributed by atoms with Crippen molar-refractivity contribution in [2.75, 3.05) is 43.1 Å². The highest BCUT2D eigenvalue weighted by Gasteiger charge is 2.38. The van der Waals surface area contributed by atoms with E-state index < -0.39 is 10.0 Å². The highest BCUT2D eigenvalue weighted by atomic mass is 32.2. The van der Waals surface area contributed by atoms with Crippen molar-refractivity contribution in [3.05, 3.63) is 48.0 Å². The smallest absolute Gasteiger partial charge is 0.243 e. The second-order valence-electron chi connectivity index (χ2n) is 9.27. The summed E-state index contributed by atoms with van der Waals surface area (Å²) in [6.07, 6.45) is 3.74. The van der Waals surface area contributed by atoms with Crippen molar-refractivity contribution in [1.29, 1.82) is 0 Å². The van der Waals surface area contributed by atoms with Crippen LogP contribution >= 0.6 is 0 Å². The molecule has 5 rings (SSSR count). The zero-order valence-corrected chi connectivity index (χ0v) is 20.1. The summed E-state index contributed by atoms with van der Waals surface area (Å²) in [4.78, 5) is 17.3. The molecule has 8 heteroatoms. The SMILES string of the molecule is COc1cccc(N2CCN(S(=O)(=O)c3ccc4c(c3)C[C@H](C)N4C(=O)C3CCC3)CC2)c1. The van der Waals surface area contributed by atoms with Crippen LogP contribution in [0.3, 0.4) is 0 Å². The molecule has 0 spiro atoms. The van der Waals surface area contributed by atoms with Crippen LogP contribution in [0.4, 0.5) is 11.4 Å². The summed E-state index contributed by atoms with van der Waals surface area (Å²) in [5.41, 5.74) is 2.86. The molecular weight excluding hydrogens is 438 g/mol. The van der Waals surface area contributed by atoms with E-state index >= 15 is 0 Å². The first-order chi connectivity index (χ1) is 15.9. The van der Waals surface area contributed by atoms with E-state index in [1.807, 2.05) is 42.2 Å². The van der Waals surface area contributed by atoms with Gasteiger partial charge in [-0.15, -0.1) is 0 Å². The number of carbonyl (C=O) groups excluding carboxylic acids is 1. The molecule has 7 nitrogen and oxygen atoms in total. The van der Waals surface area contributed by atoms with Gasteiger partial charge in [-0.2, -0.15) is 4.31 Å². The molecule has 0 aromatic heterocycles. The number of hydrogen-bond donors (Lipinski definition) is 0. The number of rotatable bonds is 5. The number of benzene rings is 2. The second kappa shape index (κ2) is 8.65. The molecular formula is C25H31N3O4S. The van der Waals surface area contributed by atoms with Crippen molar-refractivity contribution >= 4 is 27.3 Å². The molecule has 1 saturated carbocycles. The number of carbonyl (C=O) groups is 1. The summed E-state index contributed by atoms with van der Waals surface area (Å²) in [5, 5.41) is 0. The Kier molecular flexibility index (Phi) is 5.82. The van der Waals surface area contributed by atoms with Gasteiger partial charge >= 0.3 is 0 Å². The molecule has 3 aliphatic rings. The van der Waals surface area contributed by atoms with E-state index in [2.05, 4.69) is 4.90 Å². The first-order valence-corrected chi connectivity index (χ1v) is 13.2. The zero-order chi connectivity index (χ0) is 23.2. The quantitative estimate of drug-likeness (QED) is 0.672. The molecule has 33 heavy (non-hydrogen) atoms. The molecule has 2 heterocycles. The standard InChI is InChI=1S/C25H31N3O4S/c1-18-15-20-16-23(9-10-24(20)28(18)25(29)19-5-3-6-19)33(30,31)27-13-11-26(12-14-27)21-7-4-8-22(17-21)32-2/h4,7-10,16-19H,3,5-6,11-15H2,1-2H3/t18-/m0/s1. The topological polar surface area (TPSA) is 70.2 Å². The molecule has 1 atom stereocenters. The molecule has 0 bridgehead atoms. The monoisotopic (exact) mass is 469 g/mol. The number of anilines is 2. The zero-order valence-electron chi connectivity index (χ0n) is 19.2. The summed E-state index contributed by atoms with van der Waals surface area (Å²) in [7, 11) is -1.95. The Bertz CT molecular complexity index is 1150. The van der Waals surface area contributed by atoms with Gasteiger partial charge in [0.25, 0.3) is 0 Å². The summed E-state index contributed by atoms with van der Waals surface area (Å²) in [6.45, 7) is 4.15. The summed E-state index contributed by atoms with van der Waals surface area (Å²) >= 11 is 0. The number of nitrogens with zero attached hydrogens (tertiary/aromatic N) is 3. The minimum Gasteiger partial charge on any atom is -0.497 e. The summed E-state index contributed by atoms with van der Waals surface area (Å²) in [5.74, 6) is 1.11. The predicted molar refractivity (Wildman–Crippen MR) is 128 cm³/mol. The number of methoxy groups -OCH3 is 1. The van der Waals surface area contributed by atoms with E-state index in [0.717, 1.165) is 42.0 Å². The molecule has 1 aliphatic carbocycles. The van der Waals surface area contributed by atoms with E-state index in [9.17, 15) is 13.2 Å². The maximum atomic E-state index is 13.4. The number of fused-ring (bicyclic) bond motifs is 1. The number of sulfonamides is 1. The Labute approximate surface area is 196 Å². The highest BCUT2D eigenvalue weighted by Crippen LogP contribution is 2.38. The fraction of sp³-hybridized carbons (Fsp3) is 0.480. The number of hydrogen-bond acceptors (Lipinski definition) is 5. The third kappa shape index (κ3) is 3.99. The number of piperazine rings is 1. The van der Waals surface area contributed by atoms with Crippen LogP contribution in [0.5, 0.6) is 5.75 Å². The van der Waals surface area contributed by atoms with Gasteiger partial charge in [0, 0.05) is 55.6 Å². The van der Waals surface area contributed by atoms with Crippen molar-refractivity contribution in [3.63, 3.8) is 0 Å². The Morgan fingerprint density at radius 3 is 2.45 bits per heavy atom. The number of ether oxygens (including phenoxy) is 1. The predicted octanol–water partition coefficient (Wildman–Crippen LogP) is 3.28. The average molecular weight is 470 g/mol. The summed E-state index contributed by atoms with van der Waals surface area (Å²) in [6, 6.07) is 13.2. The minimum absolute atomic E-state index is 0.0671. The van der Waals surface area contributed by atoms with Gasteiger partial charge in [-0.1, -0.05) is 12.5 Å². The lowest BCUT2D eigenvalue weighted by atomic mass is 9.84. The van der Waals surface area contributed by atoms with Crippen molar-refractivity contribution in [2.24, 2.45) is 5.92 Å². The molecule has 2 aromatic rings. The van der Waals surface area contributed by atoms with E-state index in [-0.39, 0.29) is 17.9 Å². The lowest BCUT2D eigenvalue weighted by molar-refractivity contribution is -0.125. The molecule has 176 valence electrons. The molecule has 0 N–H and O–H groups in total. The lowest BCUT2D eigenvalue weighted by Gasteiger charge is -2.35. The fourth-order valence-electron chi connectivity index (χ4n) is 5.10. The lowest BCUT2D eigenvalue weighted by Crippen LogP contribution is -2.48. The molecule has 2 aliphatic heterocycles. The minimum atomic E-state index is -3.59. The Balaban J connectivity index is 1.31. The molecule has 0 unspecified atom stereocenters. The van der Waals surface area contributed by atoms with Crippen LogP contribution < -0.4 is 14.5 Å². The molecule has 0 radical (unpaired) electrons. The Morgan fingerprint density at radius 1 is 1.03 bits per heavy atom. The normalized spacial score (nSPS) is 21.6. The van der Waals surface area contributed by atoms with Gasteiger partial charge in [0.2, 0.25) is 15.9 Å². The van der Waals surface area contributed by atoms with Crippen molar-refractivity contribution in [2.45, 2.75) is 43.5 Å². The molecule has 1 saturated heterocycles. The van der Waals surface area contributed by atoms with E-state index in [4.69, 9.17) is 4.74 Å². The first-order valence-electron chi connectivity index (χ1n) is 11.7. The van der Waals surface area contributed by atoms with Gasteiger partial charge in [-0.3, -0.25) is 4.79 Å². The highest BCUT2D eigenvalue weighted by molar-refractivity contribution is 7.89. The first kappa shape index (κ1) is 22.2. The summed E-state index contributed by atoms with van der Waals surface area (Å²) < 4.78 is 33.7. The molecule has 1 amide bonds. The van der Waals surface area contributed by atoms with Crippen molar-refractivity contribution in [3.8, 4) is 5.75 Å². The van der Waals surface area contributed by atoms with Crippen LogP contribution in [-0.4, -0.2) is 58.0 Å². The van der Waals surface area contributed by atoms with Crippen LogP contribution in [0.2, 0.25) is 0 Å². The van der Waals surface area contributed by atoms with Crippen LogP contribution in [-0.2, 0) is 21.2 Å². The van der Waals surface area contributed by atoms with Gasteiger partial charge < -0.3 is 14.5 Å². The van der Waals surface area contributed by atoms with Gasteiger partial charge in [-0.25, -0.2) is 8.42 Å². The largest absolute Gasteiger partial charge is 0.497 e. The fourth-order valence-corrected chi connectivity index (χ4v) is 6.57. The van der Waals surface area contributed by atoms with Gasteiger partial charge in [0.1, 0.15) is 5.75 Å². The molecule has 2 aromatic carbocycles. The van der Waals surface area contributed by atoms with Crippen LogP contribution in [0, 0.1) is 5.92 Å². The maximum Gasteiger partial charge on any atom is 0.243 e. The third-order valence-corrected chi connectivity index (χ3v) is 9.15.